The Morgan fingerprint density at radius 1 is 1.40 bits per heavy atom. The van der Waals surface area contributed by atoms with E-state index in [0.29, 0.717) is 11.4 Å². The van der Waals surface area contributed by atoms with Gasteiger partial charge in [-0.3, -0.25) is 4.79 Å². The lowest BCUT2D eigenvalue weighted by Gasteiger charge is -2.31. The number of thiazole rings is 1. The number of hydrogen-bond acceptors (Lipinski definition) is 4. The molecular formula is C16H26N2OS. The quantitative estimate of drug-likeness (QED) is 0.679. The van der Waals surface area contributed by atoms with E-state index in [-0.39, 0.29) is 5.78 Å². The molecule has 1 fully saturated rings. The van der Waals surface area contributed by atoms with Crippen molar-refractivity contribution in [2.75, 3.05) is 19.6 Å². The van der Waals surface area contributed by atoms with Crippen LogP contribution in [0.5, 0.6) is 0 Å². The molecule has 3 nitrogen and oxygen atoms in total. The maximum Gasteiger partial charge on any atom is 0.191 e. The van der Waals surface area contributed by atoms with Gasteiger partial charge in [0.15, 0.2) is 10.8 Å². The third kappa shape index (κ3) is 4.98. The van der Waals surface area contributed by atoms with Crippen molar-refractivity contribution in [2.24, 2.45) is 5.92 Å². The third-order valence-corrected chi connectivity index (χ3v) is 5.04. The lowest BCUT2D eigenvalue weighted by atomic mass is 9.91. The molecule has 0 aromatic carbocycles. The molecule has 1 aromatic rings. The van der Waals surface area contributed by atoms with Crippen LogP contribution in [0.1, 0.15) is 61.7 Å². The highest BCUT2D eigenvalue weighted by Gasteiger charge is 2.18. The molecule has 2 heterocycles. The van der Waals surface area contributed by atoms with Crippen molar-refractivity contribution in [1.29, 1.82) is 0 Å². The van der Waals surface area contributed by atoms with Gasteiger partial charge in [0.05, 0.1) is 0 Å². The molecule has 0 N–H and O–H groups in total. The first-order valence-electron chi connectivity index (χ1n) is 7.94. The number of carbonyl (C=O) groups excluding carboxylic acids is 1. The Morgan fingerprint density at radius 3 is 2.85 bits per heavy atom. The van der Waals surface area contributed by atoms with E-state index in [1.165, 1.54) is 56.5 Å². The van der Waals surface area contributed by atoms with Crippen molar-refractivity contribution in [3.63, 3.8) is 0 Å². The second-order valence-electron chi connectivity index (χ2n) is 5.79. The monoisotopic (exact) mass is 294 g/mol. The van der Waals surface area contributed by atoms with Crippen LogP contribution < -0.4 is 0 Å². The number of aromatic nitrogens is 1. The fourth-order valence-corrected chi connectivity index (χ4v) is 3.53. The molecule has 0 atom stereocenters. The van der Waals surface area contributed by atoms with Gasteiger partial charge < -0.3 is 4.90 Å². The van der Waals surface area contributed by atoms with E-state index in [1.54, 1.807) is 6.20 Å². The summed E-state index contributed by atoms with van der Waals surface area (Å²) in [6, 6.07) is 0. The Kier molecular flexibility index (Phi) is 6.67. The SMILES string of the molecule is CCCCC1CCN(CCCC(=O)c2nccs2)CC1. The summed E-state index contributed by atoms with van der Waals surface area (Å²) in [5.41, 5.74) is 0. The summed E-state index contributed by atoms with van der Waals surface area (Å²) in [5.74, 6) is 1.15. The lowest BCUT2D eigenvalue weighted by Crippen LogP contribution is -2.34. The fraction of sp³-hybridized carbons (Fsp3) is 0.750. The molecule has 1 aromatic heterocycles. The molecule has 4 heteroatoms. The summed E-state index contributed by atoms with van der Waals surface area (Å²) in [4.78, 5) is 18.4. The first-order valence-corrected chi connectivity index (χ1v) is 8.82. The Hall–Kier alpha value is -0.740. The summed E-state index contributed by atoms with van der Waals surface area (Å²) in [6.45, 7) is 5.78. The van der Waals surface area contributed by atoms with Gasteiger partial charge in [0.25, 0.3) is 0 Å². The topological polar surface area (TPSA) is 33.2 Å². The van der Waals surface area contributed by atoms with Gasteiger partial charge >= 0.3 is 0 Å². The van der Waals surface area contributed by atoms with Gasteiger partial charge in [-0.2, -0.15) is 0 Å². The Morgan fingerprint density at radius 2 is 2.20 bits per heavy atom. The van der Waals surface area contributed by atoms with Gasteiger partial charge in [-0.05, 0) is 44.8 Å². The molecule has 0 bridgehead atoms. The molecule has 112 valence electrons. The van der Waals surface area contributed by atoms with Crippen LogP contribution >= 0.6 is 11.3 Å². The number of Topliss-reactive ketones (excluding diaryl/α,β-unsaturated/α-hetero) is 1. The smallest absolute Gasteiger partial charge is 0.191 e. The Balaban J connectivity index is 1.58. The summed E-state index contributed by atoms with van der Waals surface area (Å²) in [7, 11) is 0. The number of nitrogens with zero attached hydrogens (tertiary/aromatic N) is 2. The van der Waals surface area contributed by atoms with Gasteiger partial charge in [-0.25, -0.2) is 4.98 Å². The average Bonchev–Trinajstić information content (AvgIpc) is 3.00. The molecule has 0 amide bonds. The Bertz CT molecular complexity index is 383. The zero-order valence-electron chi connectivity index (χ0n) is 12.5. The van der Waals surface area contributed by atoms with Crippen molar-refractivity contribution in [2.45, 2.75) is 51.9 Å². The van der Waals surface area contributed by atoms with Crippen molar-refractivity contribution < 1.29 is 4.79 Å². The number of ketones is 1. The summed E-state index contributed by atoms with van der Waals surface area (Å²) >= 11 is 1.45. The summed E-state index contributed by atoms with van der Waals surface area (Å²) in [6.07, 6.45) is 10.1. The molecule has 1 saturated heterocycles. The van der Waals surface area contributed by atoms with E-state index in [9.17, 15) is 4.79 Å². The first-order chi connectivity index (χ1) is 9.79. The van der Waals surface area contributed by atoms with Gasteiger partial charge in [0.2, 0.25) is 0 Å². The highest BCUT2D eigenvalue weighted by atomic mass is 32.1. The second-order valence-corrected chi connectivity index (χ2v) is 6.69. The van der Waals surface area contributed by atoms with Crippen LogP contribution in [0.2, 0.25) is 0 Å². The molecule has 0 aliphatic carbocycles. The minimum Gasteiger partial charge on any atom is -0.303 e. The molecule has 0 saturated carbocycles. The highest BCUT2D eigenvalue weighted by molar-refractivity contribution is 7.11. The number of likely N-dealkylation sites (tertiary alicyclic amines) is 1. The first kappa shape index (κ1) is 15.6. The fourth-order valence-electron chi connectivity index (χ4n) is 2.92. The van der Waals surface area contributed by atoms with E-state index in [1.807, 2.05) is 5.38 Å². The van der Waals surface area contributed by atoms with E-state index in [0.717, 1.165) is 18.9 Å². The largest absolute Gasteiger partial charge is 0.303 e. The van der Waals surface area contributed by atoms with Crippen LogP contribution in [0, 0.1) is 5.92 Å². The van der Waals surface area contributed by atoms with E-state index < -0.39 is 0 Å². The van der Waals surface area contributed by atoms with Crippen LogP contribution in [0.15, 0.2) is 11.6 Å². The molecule has 0 radical (unpaired) electrons. The second kappa shape index (κ2) is 8.53. The number of piperidine rings is 1. The molecular weight excluding hydrogens is 268 g/mol. The number of carbonyl (C=O) groups is 1. The van der Waals surface area contributed by atoms with Crippen molar-refractivity contribution in [3.05, 3.63) is 16.6 Å². The van der Waals surface area contributed by atoms with Crippen molar-refractivity contribution in [1.82, 2.24) is 9.88 Å². The summed E-state index contributed by atoms with van der Waals surface area (Å²) in [5, 5.41) is 2.54. The number of rotatable bonds is 8. The molecule has 20 heavy (non-hydrogen) atoms. The van der Waals surface area contributed by atoms with Crippen LogP contribution in [-0.4, -0.2) is 35.3 Å². The van der Waals surface area contributed by atoms with Gasteiger partial charge in [0, 0.05) is 18.0 Å². The van der Waals surface area contributed by atoms with E-state index >= 15 is 0 Å². The molecule has 0 spiro atoms. The number of unbranched alkanes of at least 4 members (excludes halogenated alkanes) is 1. The minimum atomic E-state index is 0.206. The standard InChI is InChI=1S/C16H26N2OS/c1-2-3-5-14-7-11-18(12-8-14)10-4-6-15(19)16-17-9-13-20-16/h9,13-14H,2-8,10-12H2,1H3. The van der Waals surface area contributed by atoms with Crippen LogP contribution in [-0.2, 0) is 0 Å². The zero-order chi connectivity index (χ0) is 14.2. The molecule has 1 aliphatic heterocycles. The molecule has 2 rings (SSSR count). The van der Waals surface area contributed by atoms with Crippen LogP contribution in [0.4, 0.5) is 0 Å². The predicted octanol–water partition coefficient (Wildman–Crippen LogP) is 4.01. The molecule has 0 unspecified atom stereocenters. The van der Waals surface area contributed by atoms with E-state index in [2.05, 4.69) is 16.8 Å². The highest BCUT2D eigenvalue weighted by Crippen LogP contribution is 2.22. The van der Waals surface area contributed by atoms with Gasteiger partial charge in [0.1, 0.15) is 0 Å². The maximum absolute atomic E-state index is 11.8. The normalized spacial score (nSPS) is 17.4. The lowest BCUT2D eigenvalue weighted by molar-refractivity contribution is 0.0969. The van der Waals surface area contributed by atoms with Gasteiger partial charge in [-0.15, -0.1) is 11.3 Å². The van der Waals surface area contributed by atoms with Crippen molar-refractivity contribution >= 4 is 17.1 Å². The minimum absolute atomic E-state index is 0.206. The van der Waals surface area contributed by atoms with Gasteiger partial charge in [-0.1, -0.05) is 26.2 Å². The zero-order valence-corrected chi connectivity index (χ0v) is 13.3. The predicted molar refractivity (Wildman–Crippen MR) is 84.4 cm³/mol. The van der Waals surface area contributed by atoms with Crippen LogP contribution in [0.25, 0.3) is 0 Å². The summed E-state index contributed by atoms with van der Waals surface area (Å²) < 4.78 is 0. The maximum atomic E-state index is 11.8. The third-order valence-electron chi connectivity index (χ3n) is 4.22. The average molecular weight is 294 g/mol. The molecule has 1 aliphatic rings. The van der Waals surface area contributed by atoms with E-state index in [4.69, 9.17) is 0 Å². The van der Waals surface area contributed by atoms with Crippen LogP contribution in [0.3, 0.4) is 0 Å². The number of hydrogen-bond donors (Lipinski definition) is 0. The Labute approximate surface area is 126 Å². The van der Waals surface area contributed by atoms with Crippen molar-refractivity contribution in [3.8, 4) is 0 Å².